The van der Waals surface area contributed by atoms with E-state index in [0.29, 0.717) is 22.7 Å². The van der Waals surface area contributed by atoms with Gasteiger partial charge in [-0.3, -0.25) is 14.3 Å². The van der Waals surface area contributed by atoms with Crippen molar-refractivity contribution < 1.29 is 4.79 Å². The third kappa shape index (κ3) is 2.58. The fourth-order valence-corrected chi connectivity index (χ4v) is 4.16. The number of benzene rings is 1. The molecule has 0 spiro atoms. The zero-order valence-electron chi connectivity index (χ0n) is 14.8. The predicted molar refractivity (Wildman–Crippen MR) is 103 cm³/mol. The molecule has 6 heteroatoms. The van der Waals surface area contributed by atoms with Crippen LogP contribution in [-0.4, -0.2) is 20.5 Å². The molecule has 4 rings (SSSR count). The van der Waals surface area contributed by atoms with Gasteiger partial charge in [-0.15, -0.1) is 0 Å². The number of nitrogens with one attached hydrogen (secondary N) is 1. The van der Waals surface area contributed by atoms with E-state index in [2.05, 4.69) is 10.1 Å². The van der Waals surface area contributed by atoms with Crippen LogP contribution in [0.2, 0.25) is 5.02 Å². The highest BCUT2D eigenvalue weighted by Crippen LogP contribution is 2.35. The average Bonchev–Trinajstić information content (AvgIpc) is 2.99. The second-order valence-electron chi connectivity index (χ2n) is 7.24. The molecule has 1 aliphatic carbocycles. The van der Waals surface area contributed by atoms with E-state index >= 15 is 0 Å². The maximum Gasteiger partial charge on any atom is 0.252 e. The van der Waals surface area contributed by atoms with Crippen molar-refractivity contribution in [1.29, 1.82) is 0 Å². The first kappa shape index (κ1) is 17.0. The van der Waals surface area contributed by atoms with E-state index in [1.807, 2.05) is 32.2 Å². The Morgan fingerprint density at radius 3 is 2.77 bits per heavy atom. The molecule has 0 saturated heterocycles. The van der Waals surface area contributed by atoms with Gasteiger partial charge in [-0.05, 0) is 38.0 Å². The molecule has 5 nitrogen and oxygen atoms in total. The van der Waals surface area contributed by atoms with Gasteiger partial charge in [-0.2, -0.15) is 5.10 Å². The number of aryl methyl sites for hydroxylation is 1. The molecule has 0 aliphatic heterocycles. The molecule has 1 N–H and O–H groups in total. The van der Waals surface area contributed by atoms with E-state index < -0.39 is 5.41 Å². The lowest BCUT2D eigenvalue weighted by Crippen LogP contribution is -2.40. The van der Waals surface area contributed by atoms with Crippen LogP contribution in [0.15, 0.2) is 35.3 Å². The number of ketones is 1. The van der Waals surface area contributed by atoms with Gasteiger partial charge in [-0.1, -0.05) is 24.1 Å². The minimum atomic E-state index is -0.687. The van der Waals surface area contributed by atoms with Crippen LogP contribution in [-0.2, 0) is 17.3 Å². The van der Waals surface area contributed by atoms with E-state index in [1.54, 1.807) is 16.9 Å². The summed E-state index contributed by atoms with van der Waals surface area (Å²) in [7, 11) is 1.85. The number of nitrogens with zero attached hydrogens (tertiary/aromatic N) is 2. The smallest absolute Gasteiger partial charge is 0.252 e. The lowest BCUT2D eigenvalue weighted by atomic mass is 9.70. The van der Waals surface area contributed by atoms with Gasteiger partial charge in [0.25, 0.3) is 5.56 Å². The number of fused-ring (bicyclic) bond motifs is 1. The standard InChI is InChI=1S/C20H20ClN3O2/c1-20(8-4-3-5-18(20)25)14-6-7-16(23-19(14)26)12-9-15(21)13-11-22-24(2)17(13)10-12/h6-7,9-11H,3-5,8H2,1-2H3,(H,23,26)/t20-/m1/s1. The van der Waals surface area contributed by atoms with Gasteiger partial charge < -0.3 is 4.98 Å². The Kier molecular flexibility index (Phi) is 3.99. The van der Waals surface area contributed by atoms with Crippen molar-refractivity contribution in [2.45, 2.75) is 38.0 Å². The minimum Gasteiger partial charge on any atom is -0.322 e. The van der Waals surface area contributed by atoms with Crippen molar-refractivity contribution in [2.24, 2.45) is 7.05 Å². The van der Waals surface area contributed by atoms with Crippen molar-refractivity contribution in [2.75, 3.05) is 0 Å². The van der Waals surface area contributed by atoms with Crippen LogP contribution >= 0.6 is 11.6 Å². The van der Waals surface area contributed by atoms with Crippen molar-refractivity contribution in [1.82, 2.24) is 14.8 Å². The molecule has 1 aliphatic rings. The molecule has 0 radical (unpaired) electrons. The molecule has 134 valence electrons. The van der Waals surface area contributed by atoms with E-state index in [1.165, 1.54) is 0 Å². The van der Waals surface area contributed by atoms with Crippen molar-refractivity contribution in [3.8, 4) is 11.3 Å². The highest BCUT2D eigenvalue weighted by molar-refractivity contribution is 6.35. The highest BCUT2D eigenvalue weighted by atomic mass is 35.5. The summed E-state index contributed by atoms with van der Waals surface area (Å²) in [5.74, 6) is 0.154. The van der Waals surface area contributed by atoms with Crippen molar-refractivity contribution in [3.05, 3.63) is 51.4 Å². The molecule has 1 saturated carbocycles. The Labute approximate surface area is 156 Å². The number of carbonyl (C=O) groups is 1. The van der Waals surface area contributed by atoms with Crippen LogP contribution in [0, 0.1) is 0 Å². The molecular formula is C20H20ClN3O2. The monoisotopic (exact) mass is 369 g/mol. The molecule has 0 unspecified atom stereocenters. The number of halogens is 1. The third-order valence-electron chi connectivity index (χ3n) is 5.58. The van der Waals surface area contributed by atoms with E-state index in [-0.39, 0.29) is 11.3 Å². The number of Topliss-reactive ketones (excluding diaryl/α,β-unsaturated/α-hetero) is 1. The van der Waals surface area contributed by atoms with Crippen LogP contribution in [0.25, 0.3) is 22.2 Å². The summed E-state index contributed by atoms with van der Waals surface area (Å²) in [5.41, 5.74) is 2.05. The van der Waals surface area contributed by atoms with Crippen LogP contribution in [0.5, 0.6) is 0 Å². The maximum atomic E-state index is 12.8. The summed E-state index contributed by atoms with van der Waals surface area (Å²) >= 11 is 6.37. The largest absolute Gasteiger partial charge is 0.322 e. The SMILES string of the molecule is Cn1ncc2c(Cl)cc(-c3ccc([C@@]4(C)CCCCC4=O)c(=O)[nH]3)cc21. The van der Waals surface area contributed by atoms with Gasteiger partial charge >= 0.3 is 0 Å². The quantitative estimate of drug-likeness (QED) is 0.742. The van der Waals surface area contributed by atoms with E-state index in [0.717, 1.165) is 35.7 Å². The van der Waals surface area contributed by atoms with Crippen LogP contribution < -0.4 is 5.56 Å². The zero-order valence-corrected chi connectivity index (χ0v) is 15.6. The van der Waals surface area contributed by atoms with Gasteiger partial charge in [0.05, 0.1) is 22.2 Å². The zero-order chi connectivity index (χ0) is 18.5. The molecule has 2 heterocycles. The Morgan fingerprint density at radius 1 is 1.23 bits per heavy atom. The topological polar surface area (TPSA) is 67.8 Å². The second kappa shape index (κ2) is 6.09. The Bertz CT molecular complexity index is 1080. The number of hydrogen-bond acceptors (Lipinski definition) is 3. The first-order valence-electron chi connectivity index (χ1n) is 8.79. The normalized spacial score (nSPS) is 20.7. The van der Waals surface area contributed by atoms with Gasteiger partial charge in [0.2, 0.25) is 0 Å². The molecule has 1 fully saturated rings. The first-order chi connectivity index (χ1) is 12.4. The van der Waals surface area contributed by atoms with Crippen molar-refractivity contribution >= 4 is 28.3 Å². The third-order valence-corrected chi connectivity index (χ3v) is 5.89. The Balaban J connectivity index is 1.80. The molecule has 0 bridgehead atoms. The fourth-order valence-electron chi connectivity index (χ4n) is 3.90. The summed E-state index contributed by atoms with van der Waals surface area (Å²) in [4.78, 5) is 28.2. The number of pyridine rings is 1. The lowest BCUT2D eigenvalue weighted by molar-refractivity contribution is -0.125. The van der Waals surface area contributed by atoms with Gasteiger partial charge in [-0.25, -0.2) is 0 Å². The van der Waals surface area contributed by atoms with Crippen molar-refractivity contribution in [3.63, 3.8) is 0 Å². The second-order valence-corrected chi connectivity index (χ2v) is 7.64. The van der Waals surface area contributed by atoms with E-state index in [4.69, 9.17) is 11.6 Å². The molecule has 1 aromatic carbocycles. The molecule has 26 heavy (non-hydrogen) atoms. The molecule has 0 amide bonds. The first-order valence-corrected chi connectivity index (χ1v) is 9.17. The fraction of sp³-hybridized carbons (Fsp3) is 0.350. The van der Waals surface area contributed by atoms with Crippen LogP contribution in [0.4, 0.5) is 0 Å². The maximum absolute atomic E-state index is 12.8. The minimum absolute atomic E-state index is 0.154. The highest BCUT2D eigenvalue weighted by Gasteiger charge is 2.38. The summed E-state index contributed by atoms with van der Waals surface area (Å²) in [5, 5.41) is 5.68. The van der Waals surface area contributed by atoms with Gasteiger partial charge in [0.1, 0.15) is 5.78 Å². The molecule has 1 atom stereocenters. The lowest BCUT2D eigenvalue weighted by Gasteiger charge is -2.31. The average molecular weight is 370 g/mol. The number of H-pyrrole nitrogens is 1. The van der Waals surface area contributed by atoms with Crippen LogP contribution in [0.3, 0.4) is 0 Å². The number of aromatic nitrogens is 3. The predicted octanol–water partition coefficient (Wildman–Crippen LogP) is 3.98. The Morgan fingerprint density at radius 2 is 2.04 bits per heavy atom. The number of carbonyl (C=O) groups excluding carboxylic acids is 1. The summed E-state index contributed by atoms with van der Waals surface area (Å²) in [6.07, 6.45) is 4.87. The summed E-state index contributed by atoms with van der Waals surface area (Å²) in [6, 6.07) is 7.42. The molecule has 2 aromatic heterocycles. The molecule has 3 aromatic rings. The van der Waals surface area contributed by atoms with Crippen LogP contribution in [0.1, 0.15) is 38.2 Å². The van der Waals surface area contributed by atoms with E-state index in [9.17, 15) is 9.59 Å². The summed E-state index contributed by atoms with van der Waals surface area (Å²) in [6.45, 7) is 1.89. The number of aromatic amines is 1. The summed E-state index contributed by atoms with van der Waals surface area (Å²) < 4.78 is 1.75. The Hall–Kier alpha value is -2.40. The number of hydrogen-bond donors (Lipinski definition) is 1. The van der Waals surface area contributed by atoms with Gasteiger partial charge in [0.15, 0.2) is 0 Å². The van der Waals surface area contributed by atoms with Gasteiger partial charge in [0, 0.05) is 35.7 Å². The molecular weight excluding hydrogens is 350 g/mol. The number of rotatable bonds is 2.